The summed E-state index contributed by atoms with van der Waals surface area (Å²) in [7, 11) is 0. The van der Waals surface area contributed by atoms with E-state index in [9.17, 15) is 14.7 Å². The molecule has 4 fully saturated rings. The van der Waals surface area contributed by atoms with Crippen molar-refractivity contribution in [1.29, 1.82) is 0 Å². The number of piperidine rings is 2. The fourth-order valence-corrected chi connectivity index (χ4v) is 7.54. The Kier molecular flexibility index (Phi) is 8.23. The van der Waals surface area contributed by atoms with Gasteiger partial charge in [-0.05, 0) is 62.5 Å². The van der Waals surface area contributed by atoms with Crippen molar-refractivity contribution in [2.75, 3.05) is 56.0 Å². The van der Waals surface area contributed by atoms with Crippen LogP contribution in [-0.4, -0.2) is 106 Å². The van der Waals surface area contributed by atoms with Crippen molar-refractivity contribution in [3.05, 3.63) is 47.2 Å². The molecular weight excluding hydrogens is 542 g/mol. The second-order valence-electron chi connectivity index (χ2n) is 13.2. The molecule has 1 aromatic carbocycles. The van der Waals surface area contributed by atoms with Crippen LogP contribution in [0.1, 0.15) is 73.0 Å². The van der Waals surface area contributed by atoms with Gasteiger partial charge in [-0.3, -0.25) is 14.5 Å². The Bertz CT molecular complexity index is 1320. The van der Waals surface area contributed by atoms with Gasteiger partial charge in [0.2, 0.25) is 11.9 Å². The summed E-state index contributed by atoms with van der Waals surface area (Å²) in [6.07, 6.45) is 8.30. The molecule has 0 unspecified atom stereocenters. The third-order valence-electron chi connectivity index (χ3n) is 10.4. The summed E-state index contributed by atoms with van der Waals surface area (Å²) in [4.78, 5) is 44.5. The topological polar surface area (TPSA) is 105 Å². The van der Waals surface area contributed by atoms with Gasteiger partial charge in [0.15, 0.2) is 0 Å². The Hall–Kier alpha value is -3.24. The molecule has 1 saturated carbocycles. The number of hydrogen-bond donors (Lipinski definition) is 2. The molecule has 2 atom stereocenters. The number of anilines is 2. The van der Waals surface area contributed by atoms with Gasteiger partial charge < -0.3 is 25.1 Å². The smallest absolute Gasteiger partial charge is 0.272 e. The van der Waals surface area contributed by atoms with Crippen molar-refractivity contribution in [3.63, 3.8) is 0 Å². The first-order valence-corrected chi connectivity index (χ1v) is 16.5. The first-order chi connectivity index (χ1) is 21.0. The van der Waals surface area contributed by atoms with E-state index in [1.807, 2.05) is 4.90 Å². The van der Waals surface area contributed by atoms with Gasteiger partial charge in [0.25, 0.3) is 5.91 Å². The van der Waals surface area contributed by atoms with E-state index in [0.717, 1.165) is 90.6 Å². The maximum atomic E-state index is 13.8. The minimum atomic E-state index is -0.603. The van der Waals surface area contributed by atoms with Crippen molar-refractivity contribution in [1.82, 2.24) is 24.7 Å². The number of hydrogen-bond acceptors (Lipinski definition) is 8. The third-order valence-corrected chi connectivity index (χ3v) is 10.4. The largest absolute Gasteiger partial charge is 0.390 e. The molecule has 1 aliphatic carbocycles. The number of nitrogens with zero attached hydrogens (tertiary/aromatic N) is 6. The van der Waals surface area contributed by atoms with Gasteiger partial charge in [-0.2, -0.15) is 4.98 Å². The molecular formula is C33H45N7O3. The van der Waals surface area contributed by atoms with Crippen LogP contribution in [0.4, 0.5) is 11.8 Å². The Morgan fingerprint density at radius 2 is 1.58 bits per heavy atom. The summed E-state index contributed by atoms with van der Waals surface area (Å²) in [5, 5.41) is 14.8. The molecule has 1 aromatic heterocycles. The Morgan fingerprint density at radius 1 is 0.837 bits per heavy atom. The van der Waals surface area contributed by atoms with Crippen LogP contribution in [-0.2, 0) is 17.8 Å². The maximum Gasteiger partial charge on any atom is 0.272 e. The molecule has 3 saturated heterocycles. The minimum Gasteiger partial charge on any atom is -0.390 e. The highest BCUT2D eigenvalue weighted by atomic mass is 16.3. The Balaban J connectivity index is 1.01. The number of nitrogens with one attached hydrogen (secondary N) is 1. The molecule has 10 nitrogen and oxygen atoms in total. The second kappa shape index (κ2) is 12.4. The van der Waals surface area contributed by atoms with Crippen molar-refractivity contribution >= 4 is 23.6 Å². The third kappa shape index (κ3) is 6.09. The van der Waals surface area contributed by atoms with Crippen LogP contribution in [0, 0.1) is 5.92 Å². The normalized spacial score (nSPS) is 25.4. The number of aliphatic hydroxyl groups excluding tert-OH is 1. The number of aliphatic hydroxyl groups is 1. The predicted molar refractivity (Wildman–Crippen MR) is 165 cm³/mol. The molecule has 2 N–H and O–H groups in total. The van der Waals surface area contributed by atoms with E-state index >= 15 is 0 Å². The van der Waals surface area contributed by atoms with Crippen LogP contribution >= 0.6 is 0 Å². The molecule has 5 heterocycles. The van der Waals surface area contributed by atoms with E-state index in [4.69, 9.17) is 9.97 Å². The van der Waals surface area contributed by atoms with Gasteiger partial charge in [0.1, 0.15) is 11.5 Å². The van der Waals surface area contributed by atoms with Crippen molar-refractivity contribution in [3.8, 4) is 0 Å². The van der Waals surface area contributed by atoms with Crippen molar-refractivity contribution in [2.45, 2.75) is 82.5 Å². The molecule has 7 rings (SSSR count). The lowest BCUT2D eigenvalue weighted by Crippen LogP contribution is -2.56. The number of β-amino-alcohol motifs (C(OH)–C–C–N with tert-alkyl or cyclic N) is 1. The predicted octanol–water partition coefficient (Wildman–Crippen LogP) is 2.91. The molecule has 4 aliphatic heterocycles. The van der Waals surface area contributed by atoms with Gasteiger partial charge in [-0.1, -0.05) is 30.7 Å². The highest BCUT2D eigenvalue weighted by Gasteiger charge is 2.36. The highest BCUT2D eigenvalue weighted by molar-refractivity contribution is 5.93. The van der Waals surface area contributed by atoms with E-state index in [-0.39, 0.29) is 23.9 Å². The van der Waals surface area contributed by atoms with Crippen LogP contribution in [0.3, 0.4) is 0 Å². The monoisotopic (exact) mass is 587 g/mol. The number of carbonyl (C=O) groups is 2. The molecule has 5 aliphatic rings. The molecule has 10 heteroatoms. The van der Waals surface area contributed by atoms with Crippen LogP contribution in [0.5, 0.6) is 0 Å². The number of rotatable bonds is 6. The zero-order valence-electron chi connectivity index (χ0n) is 25.2. The number of benzene rings is 1. The van der Waals surface area contributed by atoms with E-state index in [0.29, 0.717) is 36.5 Å². The lowest BCUT2D eigenvalue weighted by atomic mass is 9.84. The quantitative estimate of drug-likeness (QED) is 0.532. The summed E-state index contributed by atoms with van der Waals surface area (Å²) in [5.41, 5.74) is 3.12. The van der Waals surface area contributed by atoms with Gasteiger partial charge >= 0.3 is 0 Å². The fourth-order valence-electron chi connectivity index (χ4n) is 7.54. The Labute approximate surface area is 254 Å². The number of likely N-dealkylation sites (tertiary alicyclic amines) is 2. The number of aromatic nitrogens is 2. The summed E-state index contributed by atoms with van der Waals surface area (Å²) in [5.74, 6) is 1.70. The number of fused-ring (bicyclic) bond motifs is 1. The van der Waals surface area contributed by atoms with E-state index in [1.165, 1.54) is 17.5 Å². The molecule has 43 heavy (non-hydrogen) atoms. The van der Waals surface area contributed by atoms with Crippen LogP contribution in [0.2, 0.25) is 0 Å². The van der Waals surface area contributed by atoms with Crippen LogP contribution in [0.25, 0.3) is 0 Å². The zero-order chi connectivity index (χ0) is 29.3. The van der Waals surface area contributed by atoms with Crippen molar-refractivity contribution in [2.24, 2.45) is 5.92 Å². The number of carbonyl (C=O) groups excluding carboxylic acids is 2. The van der Waals surface area contributed by atoms with E-state index < -0.39 is 6.10 Å². The average Bonchev–Trinajstić information content (AvgIpc) is 3.55. The summed E-state index contributed by atoms with van der Waals surface area (Å²) in [6, 6.07) is 10.6. The molecule has 2 amide bonds. The average molecular weight is 588 g/mol. The first-order valence-electron chi connectivity index (χ1n) is 16.5. The first kappa shape index (κ1) is 28.5. The Morgan fingerprint density at radius 3 is 2.30 bits per heavy atom. The number of amides is 2. The second-order valence-corrected chi connectivity index (χ2v) is 13.2. The van der Waals surface area contributed by atoms with Gasteiger partial charge in [0.05, 0.1) is 6.10 Å². The van der Waals surface area contributed by atoms with Crippen LogP contribution < -0.4 is 10.2 Å². The molecule has 230 valence electrons. The SMILES string of the molecule is O=C(c1cc(NC2CCN(C(=O)C3CCC3)CC2)nc(N2CCCC2)n1)N1CC[C@@H](N2CCc3ccccc3C2)[C@H](O)C1. The summed E-state index contributed by atoms with van der Waals surface area (Å²) in [6.45, 7) is 5.99. The highest BCUT2D eigenvalue weighted by Crippen LogP contribution is 2.30. The van der Waals surface area contributed by atoms with Gasteiger partial charge in [-0.25, -0.2) is 4.98 Å². The van der Waals surface area contributed by atoms with E-state index in [1.54, 1.807) is 11.0 Å². The molecule has 0 spiro atoms. The zero-order valence-corrected chi connectivity index (χ0v) is 25.2. The summed E-state index contributed by atoms with van der Waals surface area (Å²) >= 11 is 0. The maximum absolute atomic E-state index is 13.8. The lowest BCUT2D eigenvalue weighted by Gasteiger charge is -2.43. The lowest BCUT2D eigenvalue weighted by molar-refractivity contribution is -0.139. The standard InChI is InChI=1S/C33H45N7O3/c41-29-22-40(19-13-28(29)39-16-10-23-6-1-2-7-25(23)21-39)32(43)27-20-30(36-33(35-27)38-14-3-4-15-38)34-26-11-17-37(18-12-26)31(42)24-8-5-9-24/h1-2,6-7,20,24,26,28-29,41H,3-5,8-19,21-22H2,(H,34,35,36)/t28-,29-/m1/s1. The van der Waals surface area contributed by atoms with Crippen molar-refractivity contribution < 1.29 is 14.7 Å². The van der Waals surface area contributed by atoms with E-state index in [2.05, 4.69) is 39.4 Å². The molecule has 2 aromatic rings. The van der Waals surface area contributed by atoms with Gasteiger partial charge in [-0.15, -0.1) is 0 Å². The fraction of sp³-hybridized carbons (Fsp3) is 0.636. The summed E-state index contributed by atoms with van der Waals surface area (Å²) < 4.78 is 0. The van der Waals surface area contributed by atoms with Gasteiger partial charge in [0, 0.05) is 76.4 Å². The molecule has 0 radical (unpaired) electrons. The van der Waals surface area contributed by atoms with Crippen LogP contribution in [0.15, 0.2) is 30.3 Å². The molecule has 0 bridgehead atoms. The minimum absolute atomic E-state index is 0.0437.